The van der Waals surface area contributed by atoms with Gasteiger partial charge in [-0.1, -0.05) is 17.7 Å². The highest BCUT2D eigenvalue weighted by Gasteiger charge is 2.11. The van der Waals surface area contributed by atoms with Crippen LogP contribution in [-0.2, 0) is 4.79 Å². The van der Waals surface area contributed by atoms with E-state index in [-0.39, 0.29) is 22.4 Å². The van der Waals surface area contributed by atoms with Gasteiger partial charge in [0.15, 0.2) is 0 Å². The molecule has 0 atom stereocenters. The van der Waals surface area contributed by atoms with Gasteiger partial charge >= 0.3 is 0 Å². The summed E-state index contributed by atoms with van der Waals surface area (Å²) in [5.41, 5.74) is 1.02. The van der Waals surface area contributed by atoms with Crippen molar-refractivity contribution in [2.24, 2.45) is 0 Å². The first kappa shape index (κ1) is 17.2. The molecule has 0 fully saturated rings. The Bertz CT molecular complexity index is 770. The molecule has 0 aromatic heterocycles. The van der Waals surface area contributed by atoms with Gasteiger partial charge in [-0.2, -0.15) is 0 Å². The quantitative estimate of drug-likeness (QED) is 0.490. The molecule has 1 N–H and O–H groups in total. The molecule has 0 saturated heterocycles. The summed E-state index contributed by atoms with van der Waals surface area (Å²) >= 11 is 6.86. The highest BCUT2D eigenvalue weighted by Crippen LogP contribution is 2.25. The van der Waals surface area contributed by atoms with Crippen LogP contribution in [0.4, 0.5) is 15.8 Å². The summed E-state index contributed by atoms with van der Waals surface area (Å²) in [5.74, 6) is -0.767. The molecule has 0 aliphatic rings. The fourth-order valence-electron chi connectivity index (χ4n) is 1.76. The minimum Gasteiger partial charge on any atom is -0.325 e. The predicted octanol–water partition coefficient (Wildman–Crippen LogP) is 4.43. The highest BCUT2D eigenvalue weighted by molar-refractivity contribution is 8.00. The molecule has 0 saturated carbocycles. The van der Waals surface area contributed by atoms with Gasteiger partial charge in [0.25, 0.3) is 5.69 Å². The summed E-state index contributed by atoms with van der Waals surface area (Å²) in [6.45, 7) is 1.74. The second kappa shape index (κ2) is 7.43. The number of carbonyl (C=O) groups is 1. The largest absolute Gasteiger partial charge is 0.325 e. The van der Waals surface area contributed by atoms with Crippen LogP contribution in [0, 0.1) is 22.9 Å². The van der Waals surface area contributed by atoms with Crippen molar-refractivity contribution in [3.05, 3.63) is 62.9 Å². The number of rotatable bonds is 5. The van der Waals surface area contributed by atoms with Gasteiger partial charge in [0, 0.05) is 17.0 Å². The third-order valence-electron chi connectivity index (χ3n) is 2.97. The zero-order chi connectivity index (χ0) is 17.0. The van der Waals surface area contributed by atoms with Gasteiger partial charge in [-0.15, -0.1) is 11.8 Å². The number of carbonyl (C=O) groups excluding carboxylic acids is 1. The molecule has 0 heterocycles. The number of nitrogens with zero attached hydrogens (tertiary/aromatic N) is 1. The molecule has 0 aliphatic carbocycles. The van der Waals surface area contributed by atoms with E-state index in [4.69, 9.17) is 11.6 Å². The third kappa shape index (κ3) is 4.67. The number of benzene rings is 2. The monoisotopic (exact) mass is 354 g/mol. The molecule has 23 heavy (non-hydrogen) atoms. The van der Waals surface area contributed by atoms with Crippen LogP contribution in [0.5, 0.6) is 0 Å². The van der Waals surface area contributed by atoms with Crippen molar-refractivity contribution in [1.82, 2.24) is 0 Å². The first-order valence-electron chi connectivity index (χ1n) is 6.49. The average Bonchev–Trinajstić information content (AvgIpc) is 2.50. The lowest BCUT2D eigenvalue weighted by atomic mass is 10.2. The molecule has 120 valence electrons. The standard InChI is InChI=1S/C15H12ClFN2O3S/c1-9-2-3-10(19(21)22)6-14(9)18-15(20)8-23-11-4-5-13(17)12(16)7-11/h2-7H,8H2,1H3,(H,18,20). The van der Waals surface area contributed by atoms with Crippen molar-refractivity contribution in [2.75, 3.05) is 11.1 Å². The lowest BCUT2D eigenvalue weighted by Crippen LogP contribution is -2.15. The van der Waals surface area contributed by atoms with Crippen molar-refractivity contribution in [3.8, 4) is 0 Å². The van der Waals surface area contributed by atoms with E-state index < -0.39 is 10.7 Å². The molecule has 0 aliphatic heterocycles. The van der Waals surface area contributed by atoms with Crippen LogP contribution < -0.4 is 5.32 Å². The summed E-state index contributed by atoms with van der Waals surface area (Å²) in [4.78, 5) is 22.9. The lowest BCUT2D eigenvalue weighted by molar-refractivity contribution is -0.384. The molecule has 0 radical (unpaired) electrons. The first-order chi connectivity index (χ1) is 10.9. The van der Waals surface area contributed by atoms with Crippen LogP contribution in [0.15, 0.2) is 41.3 Å². The van der Waals surface area contributed by atoms with Crippen molar-refractivity contribution < 1.29 is 14.1 Å². The van der Waals surface area contributed by atoms with Crippen molar-refractivity contribution in [2.45, 2.75) is 11.8 Å². The van der Waals surface area contributed by atoms with Crippen LogP contribution in [-0.4, -0.2) is 16.6 Å². The van der Waals surface area contributed by atoms with E-state index in [0.29, 0.717) is 10.6 Å². The summed E-state index contributed by atoms with van der Waals surface area (Å²) in [6, 6.07) is 8.45. The number of non-ortho nitro benzene ring substituents is 1. The van der Waals surface area contributed by atoms with Gasteiger partial charge < -0.3 is 5.32 Å². The van der Waals surface area contributed by atoms with Crippen molar-refractivity contribution >= 4 is 40.6 Å². The van der Waals surface area contributed by atoms with E-state index in [9.17, 15) is 19.3 Å². The molecule has 2 aromatic rings. The van der Waals surface area contributed by atoms with Crippen molar-refractivity contribution in [3.63, 3.8) is 0 Å². The molecule has 2 rings (SSSR count). The number of halogens is 2. The number of amides is 1. The van der Waals surface area contributed by atoms with E-state index in [1.807, 2.05) is 0 Å². The molecule has 0 unspecified atom stereocenters. The SMILES string of the molecule is Cc1ccc([N+](=O)[O-])cc1NC(=O)CSc1ccc(F)c(Cl)c1. The smallest absolute Gasteiger partial charge is 0.271 e. The predicted molar refractivity (Wildman–Crippen MR) is 88.6 cm³/mol. The molecule has 2 aromatic carbocycles. The Morgan fingerprint density at radius 3 is 2.74 bits per heavy atom. The van der Waals surface area contributed by atoms with Crippen LogP contribution in [0.2, 0.25) is 5.02 Å². The molecule has 1 amide bonds. The number of nitrogens with one attached hydrogen (secondary N) is 1. The minimum atomic E-state index is -0.523. The van der Waals surface area contributed by atoms with Crippen LogP contribution in [0.25, 0.3) is 0 Å². The second-order valence-corrected chi connectivity index (χ2v) is 6.13. The number of hydrogen-bond acceptors (Lipinski definition) is 4. The fraction of sp³-hybridized carbons (Fsp3) is 0.133. The maximum absolute atomic E-state index is 13.1. The van der Waals surface area contributed by atoms with Crippen LogP contribution >= 0.6 is 23.4 Å². The van der Waals surface area contributed by atoms with Gasteiger partial charge in [-0.25, -0.2) is 4.39 Å². The number of thioether (sulfide) groups is 1. The van der Waals surface area contributed by atoms with Gasteiger partial charge in [-0.3, -0.25) is 14.9 Å². The van der Waals surface area contributed by atoms with E-state index in [1.165, 1.54) is 42.1 Å². The number of aryl methyl sites for hydroxylation is 1. The third-order valence-corrected chi connectivity index (χ3v) is 4.25. The fourth-order valence-corrected chi connectivity index (χ4v) is 2.74. The lowest BCUT2D eigenvalue weighted by Gasteiger charge is -2.08. The topological polar surface area (TPSA) is 72.2 Å². The Balaban J connectivity index is 2.00. The van der Waals surface area contributed by atoms with Gasteiger partial charge in [0.05, 0.1) is 21.4 Å². The van der Waals surface area contributed by atoms with Gasteiger partial charge in [-0.05, 0) is 30.7 Å². The maximum atomic E-state index is 13.1. The normalized spacial score (nSPS) is 10.4. The average molecular weight is 355 g/mol. The molecular weight excluding hydrogens is 343 g/mol. The number of nitro groups is 1. The van der Waals surface area contributed by atoms with Crippen molar-refractivity contribution in [1.29, 1.82) is 0 Å². The van der Waals surface area contributed by atoms with E-state index >= 15 is 0 Å². The number of hydrogen-bond donors (Lipinski definition) is 1. The zero-order valence-corrected chi connectivity index (χ0v) is 13.6. The van der Waals surface area contributed by atoms with E-state index in [1.54, 1.807) is 13.0 Å². The Labute approximate surface area is 141 Å². The second-order valence-electron chi connectivity index (χ2n) is 4.67. The zero-order valence-electron chi connectivity index (χ0n) is 12.0. The summed E-state index contributed by atoms with van der Waals surface area (Å²) in [7, 11) is 0. The molecule has 0 spiro atoms. The maximum Gasteiger partial charge on any atom is 0.271 e. The van der Waals surface area contributed by atoms with E-state index in [2.05, 4.69) is 5.32 Å². The minimum absolute atomic E-state index is 0.00932. The van der Waals surface area contributed by atoms with E-state index in [0.717, 1.165) is 5.56 Å². The highest BCUT2D eigenvalue weighted by atomic mass is 35.5. The van der Waals surface area contributed by atoms with Crippen LogP contribution in [0.3, 0.4) is 0 Å². The van der Waals surface area contributed by atoms with Gasteiger partial charge in [0.2, 0.25) is 5.91 Å². The first-order valence-corrected chi connectivity index (χ1v) is 7.86. The summed E-state index contributed by atoms with van der Waals surface area (Å²) < 4.78 is 13.1. The Hall–Kier alpha value is -2.12. The molecule has 8 heteroatoms. The van der Waals surface area contributed by atoms with Gasteiger partial charge in [0.1, 0.15) is 5.82 Å². The molecular formula is C15H12ClFN2O3S. The molecule has 5 nitrogen and oxygen atoms in total. The Kier molecular flexibility index (Phi) is 5.57. The summed E-state index contributed by atoms with van der Waals surface area (Å²) in [5, 5.41) is 13.4. The Morgan fingerprint density at radius 2 is 2.09 bits per heavy atom. The number of anilines is 1. The summed E-state index contributed by atoms with van der Waals surface area (Å²) in [6.07, 6.45) is 0. The van der Waals surface area contributed by atoms with Crippen LogP contribution in [0.1, 0.15) is 5.56 Å². The Morgan fingerprint density at radius 1 is 1.35 bits per heavy atom. The number of nitro benzene ring substituents is 1. The molecule has 0 bridgehead atoms.